The van der Waals surface area contributed by atoms with Crippen molar-refractivity contribution in [2.75, 3.05) is 6.54 Å². The van der Waals surface area contributed by atoms with Gasteiger partial charge in [-0.15, -0.1) is 0 Å². The summed E-state index contributed by atoms with van der Waals surface area (Å²) in [5.74, 6) is 0.254. The fourth-order valence-corrected chi connectivity index (χ4v) is 4.04. The van der Waals surface area contributed by atoms with Gasteiger partial charge in [0.2, 0.25) is 0 Å². The number of aromatic nitrogens is 2. The molecule has 2 aromatic heterocycles. The molecule has 7 heteroatoms. The minimum atomic E-state index is -0.191. The first kappa shape index (κ1) is 20.2. The van der Waals surface area contributed by atoms with Crippen molar-refractivity contribution in [3.63, 3.8) is 0 Å². The van der Waals surface area contributed by atoms with E-state index in [2.05, 4.69) is 9.97 Å². The zero-order valence-corrected chi connectivity index (χ0v) is 17.6. The summed E-state index contributed by atoms with van der Waals surface area (Å²) in [6.07, 6.45) is 2.37. The standard InChI is InChI=1S/C23H22ClN3O3/c1-14-11-15(2)26-22(28)18(14)12-27-10-8-16-6-7-19(21(24)20(16)23(27)29)30-13-17-5-3-4-9-25-17/h3-7,9,11H,8,10,12-13H2,1-2H3,(H,26,28). The van der Waals surface area contributed by atoms with Crippen LogP contribution < -0.4 is 10.3 Å². The van der Waals surface area contributed by atoms with Gasteiger partial charge in [-0.25, -0.2) is 0 Å². The monoisotopic (exact) mass is 423 g/mol. The van der Waals surface area contributed by atoms with Crippen molar-refractivity contribution >= 4 is 17.5 Å². The quantitative estimate of drug-likeness (QED) is 0.677. The van der Waals surface area contributed by atoms with Crippen LogP contribution in [0.1, 0.15) is 38.4 Å². The molecule has 0 atom stereocenters. The second kappa shape index (κ2) is 8.32. The average molecular weight is 424 g/mol. The zero-order chi connectivity index (χ0) is 21.3. The molecule has 3 aromatic rings. The lowest BCUT2D eigenvalue weighted by atomic mass is 9.97. The van der Waals surface area contributed by atoms with E-state index in [1.807, 2.05) is 44.2 Å². The average Bonchev–Trinajstić information content (AvgIpc) is 2.72. The number of hydrogen-bond acceptors (Lipinski definition) is 4. The number of rotatable bonds is 5. The number of H-pyrrole nitrogens is 1. The second-order valence-electron chi connectivity index (χ2n) is 7.44. The first-order valence-electron chi connectivity index (χ1n) is 9.77. The van der Waals surface area contributed by atoms with Crippen molar-refractivity contribution in [2.24, 2.45) is 0 Å². The second-order valence-corrected chi connectivity index (χ2v) is 7.82. The van der Waals surface area contributed by atoms with E-state index in [0.29, 0.717) is 34.9 Å². The SMILES string of the molecule is Cc1cc(C)c(CN2CCc3ccc(OCc4ccccn4)c(Cl)c3C2=O)c(=O)[nH]1. The Kier molecular flexibility index (Phi) is 5.59. The van der Waals surface area contributed by atoms with Gasteiger partial charge in [-0.05, 0) is 55.7 Å². The minimum absolute atomic E-state index is 0.162. The Morgan fingerprint density at radius 2 is 2.03 bits per heavy atom. The summed E-state index contributed by atoms with van der Waals surface area (Å²) in [6.45, 7) is 4.76. The largest absolute Gasteiger partial charge is 0.486 e. The molecule has 0 aliphatic carbocycles. The highest BCUT2D eigenvalue weighted by Crippen LogP contribution is 2.35. The molecule has 0 saturated carbocycles. The molecule has 0 radical (unpaired) electrons. The maximum absolute atomic E-state index is 13.2. The molecule has 1 aromatic carbocycles. The Morgan fingerprint density at radius 3 is 2.77 bits per heavy atom. The van der Waals surface area contributed by atoms with Crippen LogP contribution in [0.5, 0.6) is 5.75 Å². The number of carbonyl (C=O) groups is 1. The van der Waals surface area contributed by atoms with Crippen molar-refractivity contribution in [1.82, 2.24) is 14.9 Å². The molecule has 3 heterocycles. The molecule has 0 unspecified atom stereocenters. The number of benzene rings is 1. The molecule has 1 aliphatic heterocycles. The normalized spacial score (nSPS) is 13.3. The molecule has 0 saturated heterocycles. The number of pyridine rings is 2. The van der Waals surface area contributed by atoms with E-state index in [1.54, 1.807) is 17.2 Å². The van der Waals surface area contributed by atoms with E-state index in [0.717, 1.165) is 22.5 Å². The third-order valence-corrected chi connectivity index (χ3v) is 5.66. The van der Waals surface area contributed by atoms with Gasteiger partial charge in [0.1, 0.15) is 12.4 Å². The van der Waals surface area contributed by atoms with Gasteiger partial charge < -0.3 is 14.6 Å². The highest BCUT2D eigenvalue weighted by Gasteiger charge is 2.29. The van der Waals surface area contributed by atoms with E-state index in [9.17, 15) is 9.59 Å². The van der Waals surface area contributed by atoms with Gasteiger partial charge in [0.25, 0.3) is 11.5 Å². The zero-order valence-electron chi connectivity index (χ0n) is 16.9. The molecule has 1 amide bonds. The van der Waals surface area contributed by atoms with Gasteiger partial charge in [0.05, 0.1) is 22.8 Å². The van der Waals surface area contributed by atoms with Crippen molar-refractivity contribution in [1.29, 1.82) is 0 Å². The van der Waals surface area contributed by atoms with E-state index in [1.165, 1.54) is 0 Å². The predicted octanol–water partition coefficient (Wildman–Crippen LogP) is 3.82. The number of fused-ring (bicyclic) bond motifs is 1. The lowest BCUT2D eigenvalue weighted by molar-refractivity contribution is 0.0725. The minimum Gasteiger partial charge on any atom is -0.486 e. The third-order valence-electron chi connectivity index (χ3n) is 5.29. The van der Waals surface area contributed by atoms with Crippen molar-refractivity contribution < 1.29 is 9.53 Å². The van der Waals surface area contributed by atoms with Gasteiger partial charge >= 0.3 is 0 Å². The Morgan fingerprint density at radius 1 is 1.20 bits per heavy atom. The molecule has 4 rings (SSSR count). The first-order chi connectivity index (χ1) is 14.4. The summed E-state index contributed by atoms with van der Waals surface area (Å²) in [5, 5.41) is 0.299. The van der Waals surface area contributed by atoms with Crippen LogP contribution in [0.25, 0.3) is 0 Å². The van der Waals surface area contributed by atoms with E-state index in [4.69, 9.17) is 16.3 Å². The number of nitrogens with one attached hydrogen (secondary N) is 1. The number of carbonyl (C=O) groups excluding carboxylic acids is 1. The van der Waals surface area contributed by atoms with E-state index >= 15 is 0 Å². The number of aryl methyl sites for hydroxylation is 2. The van der Waals surface area contributed by atoms with Crippen molar-refractivity contribution in [3.8, 4) is 5.75 Å². The number of hydrogen-bond donors (Lipinski definition) is 1. The lowest BCUT2D eigenvalue weighted by Gasteiger charge is -2.30. The third kappa shape index (κ3) is 3.96. The van der Waals surface area contributed by atoms with Crippen molar-refractivity contribution in [3.05, 3.63) is 91.6 Å². The van der Waals surface area contributed by atoms with Crippen LogP contribution in [0.3, 0.4) is 0 Å². The van der Waals surface area contributed by atoms with Gasteiger partial charge in [-0.2, -0.15) is 0 Å². The van der Waals surface area contributed by atoms with Gasteiger partial charge in [-0.3, -0.25) is 14.6 Å². The summed E-state index contributed by atoms with van der Waals surface area (Å²) < 4.78 is 5.82. The fraction of sp³-hybridized carbons (Fsp3) is 0.261. The fourth-order valence-electron chi connectivity index (χ4n) is 3.72. The van der Waals surface area contributed by atoms with Crippen LogP contribution in [-0.4, -0.2) is 27.3 Å². The predicted molar refractivity (Wildman–Crippen MR) is 115 cm³/mol. The van der Waals surface area contributed by atoms with Gasteiger partial charge in [-0.1, -0.05) is 23.7 Å². The maximum Gasteiger partial charge on any atom is 0.256 e. The number of halogens is 1. The van der Waals surface area contributed by atoms with E-state index in [-0.39, 0.29) is 24.6 Å². The Balaban J connectivity index is 1.58. The van der Waals surface area contributed by atoms with Crippen LogP contribution in [0.2, 0.25) is 5.02 Å². The van der Waals surface area contributed by atoms with Crippen LogP contribution in [0.4, 0.5) is 0 Å². The van der Waals surface area contributed by atoms with Gasteiger partial charge in [0, 0.05) is 24.0 Å². The molecule has 0 bridgehead atoms. The molecular weight excluding hydrogens is 402 g/mol. The molecule has 1 aliphatic rings. The highest BCUT2D eigenvalue weighted by molar-refractivity contribution is 6.35. The van der Waals surface area contributed by atoms with Crippen LogP contribution >= 0.6 is 11.6 Å². The topological polar surface area (TPSA) is 75.3 Å². The Bertz CT molecular complexity index is 1160. The highest BCUT2D eigenvalue weighted by atomic mass is 35.5. The lowest BCUT2D eigenvalue weighted by Crippen LogP contribution is -2.39. The van der Waals surface area contributed by atoms with Crippen LogP contribution in [0, 0.1) is 13.8 Å². The molecular formula is C23H22ClN3O3. The summed E-state index contributed by atoms with van der Waals surface area (Å²) in [6, 6.07) is 11.2. The van der Waals surface area contributed by atoms with Gasteiger partial charge in [0.15, 0.2) is 0 Å². The first-order valence-corrected chi connectivity index (χ1v) is 10.1. The van der Waals surface area contributed by atoms with Crippen molar-refractivity contribution in [2.45, 2.75) is 33.4 Å². The summed E-state index contributed by atoms with van der Waals surface area (Å²) in [5.41, 5.74) is 4.21. The smallest absolute Gasteiger partial charge is 0.256 e. The molecule has 30 heavy (non-hydrogen) atoms. The summed E-state index contributed by atoms with van der Waals surface area (Å²) in [4.78, 5) is 34.3. The van der Waals surface area contributed by atoms with Crippen LogP contribution in [-0.2, 0) is 19.6 Å². The molecule has 0 fully saturated rings. The Labute approximate surface area is 179 Å². The maximum atomic E-state index is 13.2. The number of aromatic amines is 1. The number of ether oxygens (including phenoxy) is 1. The number of nitrogens with zero attached hydrogens (tertiary/aromatic N) is 2. The Hall–Kier alpha value is -3.12. The molecule has 0 spiro atoms. The summed E-state index contributed by atoms with van der Waals surface area (Å²) in [7, 11) is 0. The number of amides is 1. The molecule has 1 N–H and O–H groups in total. The van der Waals surface area contributed by atoms with E-state index < -0.39 is 0 Å². The molecule has 154 valence electrons. The summed E-state index contributed by atoms with van der Waals surface area (Å²) >= 11 is 6.58. The molecule has 6 nitrogen and oxygen atoms in total. The van der Waals surface area contributed by atoms with Crippen LogP contribution in [0.15, 0.2) is 47.4 Å².